The third-order valence-corrected chi connectivity index (χ3v) is 2.87. The van der Waals surface area contributed by atoms with Crippen LogP contribution in [-0.2, 0) is 11.2 Å². The van der Waals surface area contributed by atoms with Crippen molar-refractivity contribution in [1.29, 1.82) is 0 Å². The molecule has 0 aliphatic carbocycles. The molecule has 1 aromatic heterocycles. The zero-order valence-electron chi connectivity index (χ0n) is 10.6. The first-order chi connectivity index (χ1) is 9.25. The van der Waals surface area contributed by atoms with Crippen molar-refractivity contribution in [2.45, 2.75) is 6.42 Å². The van der Waals surface area contributed by atoms with E-state index in [0.29, 0.717) is 6.54 Å². The van der Waals surface area contributed by atoms with Crippen LogP contribution >= 0.6 is 0 Å². The monoisotopic (exact) mass is 256 g/mol. The Morgan fingerprint density at radius 3 is 2.42 bits per heavy atom. The standard InChI is InChI=1S/C15H16N2O2/c18-15(19)12-17(14-4-2-1-3-5-14)11-8-13-6-9-16-10-7-13/h1-7,9-10H,8,11-12H2,(H,18,19). The second-order valence-corrected chi connectivity index (χ2v) is 4.26. The van der Waals surface area contributed by atoms with E-state index in [1.807, 2.05) is 47.4 Å². The van der Waals surface area contributed by atoms with Gasteiger partial charge in [-0.3, -0.25) is 9.78 Å². The molecule has 0 spiro atoms. The van der Waals surface area contributed by atoms with Crippen LogP contribution in [0.15, 0.2) is 54.9 Å². The highest BCUT2D eigenvalue weighted by atomic mass is 16.4. The summed E-state index contributed by atoms with van der Waals surface area (Å²) in [7, 11) is 0. The SMILES string of the molecule is O=C(O)CN(CCc1ccncc1)c1ccccc1. The highest BCUT2D eigenvalue weighted by Crippen LogP contribution is 2.13. The molecule has 4 nitrogen and oxygen atoms in total. The summed E-state index contributed by atoms with van der Waals surface area (Å²) in [6.07, 6.45) is 4.30. The van der Waals surface area contributed by atoms with E-state index in [1.165, 1.54) is 0 Å². The van der Waals surface area contributed by atoms with E-state index in [2.05, 4.69) is 4.98 Å². The topological polar surface area (TPSA) is 53.4 Å². The Morgan fingerprint density at radius 1 is 1.11 bits per heavy atom. The van der Waals surface area contributed by atoms with E-state index < -0.39 is 5.97 Å². The minimum atomic E-state index is -0.821. The Morgan fingerprint density at radius 2 is 1.79 bits per heavy atom. The molecule has 0 saturated carbocycles. The molecule has 0 fully saturated rings. The van der Waals surface area contributed by atoms with Gasteiger partial charge in [-0.1, -0.05) is 18.2 Å². The van der Waals surface area contributed by atoms with E-state index in [-0.39, 0.29) is 6.54 Å². The lowest BCUT2D eigenvalue weighted by Crippen LogP contribution is -2.31. The van der Waals surface area contributed by atoms with Crippen LogP contribution in [0.25, 0.3) is 0 Å². The first-order valence-corrected chi connectivity index (χ1v) is 6.16. The number of aromatic nitrogens is 1. The zero-order chi connectivity index (χ0) is 13.5. The van der Waals surface area contributed by atoms with Crippen molar-refractivity contribution in [2.75, 3.05) is 18.0 Å². The fourth-order valence-electron chi connectivity index (χ4n) is 1.92. The highest BCUT2D eigenvalue weighted by Gasteiger charge is 2.10. The van der Waals surface area contributed by atoms with Gasteiger partial charge in [-0.25, -0.2) is 0 Å². The van der Waals surface area contributed by atoms with Crippen molar-refractivity contribution in [1.82, 2.24) is 4.98 Å². The minimum Gasteiger partial charge on any atom is -0.480 e. The maximum absolute atomic E-state index is 10.9. The second kappa shape index (κ2) is 6.54. The number of carboxylic acids is 1. The molecule has 1 aromatic carbocycles. The number of hydrogen-bond donors (Lipinski definition) is 1. The zero-order valence-corrected chi connectivity index (χ0v) is 10.6. The minimum absolute atomic E-state index is 0.00902. The van der Waals surface area contributed by atoms with Crippen LogP contribution in [0, 0.1) is 0 Å². The second-order valence-electron chi connectivity index (χ2n) is 4.26. The molecule has 2 aromatic rings. The normalized spacial score (nSPS) is 10.1. The third-order valence-electron chi connectivity index (χ3n) is 2.87. The van der Waals surface area contributed by atoms with Gasteiger partial charge in [-0.15, -0.1) is 0 Å². The fourth-order valence-corrected chi connectivity index (χ4v) is 1.92. The number of carbonyl (C=O) groups is 1. The Bertz CT molecular complexity index is 514. The first-order valence-electron chi connectivity index (χ1n) is 6.16. The molecule has 0 saturated heterocycles. The van der Waals surface area contributed by atoms with Gasteiger partial charge >= 0.3 is 5.97 Å². The Balaban J connectivity index is 2.04. The number of para-hydroxylation sites is 1. The highest BCUT2D eigenvalue weighted by molar-refractivity contribution is 5.73. The number of aliphatic carboxylic acids is 1. The van der Waals surface area contributed by atoms with Crippen molar-refractivity contribution in [2.24, 2.45) is 0 Å². The summed E-state index contributed by atoms with van der Waals surface area (Å²) in [5.74, 6) is -0.821. The molecule has 0 unspecified atom stereocenters. The smallest absolute Gasteiger partial charge is 0.323 e. The van der Waals surface area contributed by atoms with Gasteiger partial charge in [0, 0.05) is 24.6 Å². The number of anilines is 1. The molecule has 0 bridgehead atoms. The Labute approximate surface area is 112 Å². The predicted octanol–water partition coefficient (Wildman–Crippen LogP) is 2.22. The van der Waals surface area contributed by atoms with Crippen LogP contribution in [0.2, 0.25) is 0 Å². The summed E-state index contributed by atoms with van der Waals surface area (Å²) in [5.41, 5.74) is 2.08. The lowest BCUT2D eigenvalue weighted by molar-refractivity contribution is -0.135. The van der Waals surface area contributed by atoms with Crippen LogP contribution in [0.3, 0.4) is 0 Å². The Kier molecular flexibility index (Phi) is 4.50. The molecule has 0 aliphatic rings. The number of nitrogens with zero attached hydrogens (tertiary/aromatic N) is 2. The number of rotatable bonds is 6. The average Bonchev–Trinajstić information content (AvgIpc) is 2.45. The van der Waals surface area contributed by atoms with Crippen LogP contribution in [0.1, 0.15) is 5.56 Å². The van der Waals surface area contributed by atoms with Crippen molar-refractivity contribution < 1.29 is 9.90 Å². The summed E-state index contributed by atoms with van der Waals surface area (Å²) in [6, 6.07) is 13.5. The van der Waals surface area contributed by atoms with E-state index in [4.69, 9.17) is 5.11 Å². The van der Waals surface area contributed by atoms with Crippen molar-refractivity contribution in [3.8, 4) is 0 Å². The largest absolute Gasteiger partial charge is 0.480 e. The summed E-state index contributed by atoms with van der Waals surface area (Å²) >= 11 is 0. The quantitative estimate of drug-likeness (QED) is 0.861. The molecule has 1 N–H and O–H groups in total. The van der Waals surface area contributed by atoms with E-state index in [1.54, 1.807) is 12.4 Å². The predicted molar refractivity (Wildman–Crippen MR) is 74.2 cm³/mol. The lowest BCUT2D eigenvalue weighted by atomic mass is 10.2. The van der Waals surface area contributed by atoms with Gasteiger partial charge < -0.3 is 10.0 Å². The van der Waals surface area contributed by atoms with Crippen molar-refractivity contribution in [3.63, 3.8) is 0 Å². The summed E-state index contributed by atoms with van der Waals surface area (Å²) < 4.78 is 0. The van der Waals surface area contributed by atoms with Gasteiger partial charge in [0.1, 0.15) is 6.54 Å². The molecule has 1 heterocycles. The van der Waals surface area contributed by atoms with Crippen LogP contribution in [-0.4, -0.2) is 29.1 Å². The van der Waals surface area contributed by atoms with Gasteiger partial charge in [0.05, 0.1) is 0 Å². The van der Waals surface area contributed by atoms with Crippen LogP contribution in [0.5, 0.6) is 0 Å². The van der Waals surface area contributed by atoms with Crippen molar-refractivity contribution in [3.05, 3.63) is 60.4 Å². The van der Waals surface area contributed by atoms with E-state index in [9.17, 15) is 4.79 Å². The summed E-state index contributed by atoms with van der Waals surface area (Å²) in [4.78, 5) is 16.8. The maximum atomic E-state index is 10.9. The number of pyridine rings is 1. The Hall–Kier alpha value is -2.36. The fraction of sp³-hybridized carbons (Fsp3) is 0.200. The van der Waals surface area contributed by atoms with Crippen molar-refractivity contribution >= 4 is 11.7 Å². The molecule has 0 amide bonds. The van der Waals surface area contributed by atoms with Gasteiger partial charge in [0.15, 0.2) is 0 Å². The molecule has 98 valence electrons. The summed E-state index contributed by atoms with van der Waals surface area (Å²) in [6.45, 7) is 0.676. The molecule has 0 atom stereocenters. The van der Waals surface area contributed by atoms with E-state index in [0.717, 1.165) is 17.7 Å². The van der Waals surface area contributed by atoms with Gasteiger partial charge in [0.25, 0.3) is 0 Å². The van der Waals surface area contributed by atoms with Crippen LogP contribution < -0.4 is 4.90 Å². The first kappa shape index (κ1) is 13.1. The van der Waals surface area contributed by atoms with Gasteiger partial charge in [-0.05, 0) is 36.2 Å². The number of hydrogen-bond acceptors (Lipinski definition) is 3. The number of benzene rings is 1. The molecule has 19 heavy (non-hydrogen) atoms. The molecule has 4 heteroatoms. The molecular weight excluding hydrogens is 240 g/mol. The maximum Gasteiger partial charge on any atom is 0.323 e. The molecular formula is C15H16N2O2. The van der Waals surface area contributed by atoms with Gasteiger partial charge in [-0.2, -0.15) is 0 Å². The third kappa shape index (κ3) is 4.10. The lowest BCUT2D eigenvalue weighted by Gasteiger charge is -2.22. The average molecular weight is 256 g/mol. The van der Waals surface area contributed by atoms with Crippen LogP contribution in [0.4, 0.5) is 5.69 Å². The molecule has 0 aliphatic heterocycles. The van der Waals surface area contributed by atoms with E-state index >= 15 is 0 Å². The summed E-state index contributed by atoms with van der Waals surface area (Å²) in [5, 5.41) is 8.99. The van der Waals surface area contributed by atoms with Gasteiger partial charge in [0.2, 0.25) is 0 Å². The molecule has 2 rings (SSSR count). The molecule has 0 radical (unpaired) electrons. The number of carboxylic acid groups (broad SMARTS) is 1.